The first-order valence-corrected chi connectivity index (χ1v) is 7.11. The molecule has 0 saturated heterocycles. The molecule has 2 aromatic rings. The van der Waals surface area contributed by atoms with E-state index in [2.05, 4.69) is 10.3 Å². The number of anilines is 1. The number of thiazole rings is 1. The second-order valence-electron chi connectivity index (χ2n) is 4.08. The highest BCUT2D eigenvalue weighted by Gasteiger charge is 2.20. The van der Waals surface area contributed by atoms with E-state index in [0.29, 0.717) is 24.6 Å². The number of rotatable bonds is 7. The average molecular weight is 293 g/mol. The van der Waals surface area contributed by atoms with Gasteiger partial charge in [0.15, 0.2) is 5.75 Å². The third kappa shape index (κ3) is 3.45. The Bertz CT molecular complexity index is 572. The highest BCUT2D eigenvalue weighted by molar-refractivity contribution is 7.09. The van der Waals surface area contributed by atoms with Gasteiger partial charge >= 0.3 is 5.69 Å². The molecule has 0 unspecified atom stereocenters. The van der Waals surface area contributed by atoms with E-state index in [1.165, 1.54) is 11.3 Å². The molecule has 20 heavy (non-hydrogen) atoms. The van der Waals surface area contributed by atoms with E-state index < -0.39 is 4.92 Å². The zero-order valence-corrected chi connectivity index (χ0v) is 11.9. The van der Waals surface area contributed by atoms with Gasteiger partial charge in [-0.25, -0.2) is 0 Å². The molecule has 0 aliphatic heterocycles. The Morgan fingerprint density at radius 1 is 1.50 bits per heavy atom. The Morgan fingerprint density at radius 2 is 2.35 bits per heavy atom. The van der Waals surface area contributed by atoms with Crippen LogP contribution in [0.5, 0.6) is 5.75 Å². The molecule has 0 atom stereocenters. The molecule has 1 aromatic heterocycles. The third-order valence-corrected chi connectivity index (χ3v) is 3.36. The van der Waals surface area contributed by atoms with Gasteiger partial charge in [0.1, 0.15) is 5.69 Å². The Kier molecular flexibility index (Phi) is 4.89. The van der Waals surface area contributed by atoms with Crippen LogP contribution in [0, 0.1) is 10.1 Å². The van der Waals surface area contributed by atoms with Crippen molar-refractivity contribution in [3.05, 3.63) is 44.9 Å². The smallest absolute Gasteiger partial charge is 0.333 e. The van der Waals surface area contributed by atoms with Crippen LogP contribution in [-0.2, 0) is 6.54 Å². The van der Waals surface area contributed by atoms with Gasteiger partial charge in [0.25, 0.3) is 0 Å². The first kappa shape index (κ1) is 14.3. The lowest BCUT2D eigenvalue weighted by Gasteiger charge is -2.10. The lowest BCUT2D eigenvalue weighted by atomic mass is 10.2. The largest absolute Gasteiger partial charge is 0.487 e. The van der Waals surface area contributed by atoms with E-state index >= 15 is 0 Å². The Morgan fingerprint density at radius 3 is 3.00 bits per heavy atom. The fourth-order valence-corrected chi connectivity index (χ4v) is 2.23. The first-order chi connectivity index (χ1) is 9.72. The van der Waals surface area contributed by atoms with Gasteiger partial charge in [0, 0.05) is 11.1 Å². The second kappa shape index (κ2) is 6.85. The number of para-hydroxylation sites is 1. The van der Waals surface area contributed by atoms with Gasteiger partial charge in [0.05, 0.1) is 23.6 Å². The summed E-state index contributed by atoms with van der Waals surface area (Å²) in [5.41, 5.74) is 2.16. The molecule has 0 aliphatic rings. The van der Waals surface area contributed by atoms with E-state index in [1.54, 1.807) is 29.9 Å². The minimum Gasteiger partial charge on any atom is -0.487 e. The van der Waals surface area contributed by atoms with Crippen molar-refractivity contribution in [3.8, 4) is 5.75 Å². The molecule has 1 heterocycles. The topological polar surface area (TPSA) is 77.3 Å². The van der Waals surface area contributed by atoms with Crippen LogP contribution in [-0.4, -0.2) is 16.5 Å². The van der Waals surface area contributed by atoms with Crippen molar-refractivity contribution >= 4 is 22.7 Å². The number of nitrogens with one attached hydrogen (secondary N) is 1. The predicted octanol–water partition coefficient (Wildman–Crippen LogP) is 3.45. The standard InChI is InChI=1S/C13H15N3O3S/c1-2-6-19-12-5-3-4-11(13(12)16(17)18)15-8-10-7-14-9-20-10/h3-5,7,9,15H,2,6,8H2,1H3. The van der Waals surface area contributed by atoms with Crippen LogP contribution in [0.1, 0.15) is 18.2 Å². The van der Waals surface area contributed by atoms with Crippen LogP contribution in [0.15, 0.2) is 29.9 Å². The summed E-state index contributed by atoms with van der Waals surface area (Å²) >= 11 is 1.50. The summed E-state index contributed by atoms with van der Waals surface area (Å²) in [5, 5.41) is 14.3. The number of nitro benzene ring substituents is 1. The van der Waals surface area contributed by atoms with Crippen molar-refractivity contribution in [2.45, 2.75) is 19.9 Å². The first-order valence-electron chi connectivity index (χ1n) is 6.23. The molecule has 0 saturated carbocycles. The summed E-state index contributed by atoms with van der Waals surface area (Å²) in [7, 11) is 0. The van der Waals surface area contributed by atoms with E-state index in [1.807, 2.05) is 6.92 Å². The summed E-state index contributed by atoms with van der Waals surface area (Å²) in [6.07, 6.45) is 2.54. The molecular formula is C13H15N3O3S. The minimum atomic E-state index is -0.417. The van der Waals surface area contributed by atoms with Crippen molar-refractivity contribution in [1.82, 2.24) is 4.98 Å². The van der Waals surface area contributed by atoms with Crippen molar-refractivity contribution in [2.24, 2.45) is 0 Å². The zero-order chi connectivity index (χ0) is 14.4. The van der Waals surface area contributed by atoms with Gasteiger partial charge in [-0.15, -0.1) is 11.3 Å². The van der Waals surface area contributed by atoms with Crippen molar-refractivity contribution in [3.63, 3.8) is 0 Å². The monoisotopic (exact) mass is 293 g/mol. The molecule has 6 nitrogen and oxygen atoms in total. The van der Waals surface area contributed by atoms with Gasteiger partial charge in [-0.05, 0) is 18.6 Å². The molecular weight excluding hydrogens is 278 g/mol. The fourth-order valence-electron chi connectivity index (χ4n) is 1.69. The molecule has 0 spiro atoms. The Hall–Kier alpha value is -2.15. The van der Waals surface area contributed by atoms with E-state index in [9.17, 15) is 10.1 Å². The molecule has 2 rings (SSSR count). The number of aromatic nitrogens is 1. The number of hydrogen-bond acceptors (Lipinski definition) is 6. The zero-order valence-electron chi connectivity index (χ0n) is 11.0. The minimum absolute atomic E-state index is 0.0227. The molecule has 0 aliphatic carbocycles. The number of benzene rings is 1. The molecule has 0 radical (unpaired) electrons. The average Bonchev–Trinajstić information content (AvgIpc) is 2.95. The van der Waals surface area contributed by atoms with Crippen LogP contribution >= 0.6 is 11.3 Å². The number of nitrogens with zero attached hydrogens (tertiary/aromatic N) is 2. The Balaban J connectivity index is 2.20. The predicted molar refractivity (Wildman–Crippen MR) is 78.3 cm³/mol. The van der Waals surface area contributed by atoms with Gasteiger partial charge in [0.2, 0.25) is 0 Å². The highest BCUT2D eigenvalue weighted by Crippen LogP contribution is 2.35. The molecule has 7 heteroatoms. The maximum absolute atomic E-state index is 11.2. The van der Waals surface area contributed by atoms with E-state index in [-0.39, 0.29) is 5.69 Å². The van der Waals surface area contributed by atoms with E-state index in [4.69, 9.17) is 4.74 Å². The van der Waals surface area contributed by atoms with Gasteiger partial charge < -0.3 is 10.1 Å². The third-order valence-electron chi connectivity index (χ3n) is 2.58. The van der Waals surface area contributed by atoms with Crippen LogP contribution in [0.25, 0.3) is 0 Å². The normalized spacial score (nSPS) is 10.2. The SMILES string of the molecule is CCCOc1cccc(NCc2cncs2)c1[N+](=O)[O-]. The number of hydrogen-bond donors (Lipinski definition) is 1. The highest BCUT2D eigenvalue weighted by atomic mass is 32.1. The Labute approximate surface area is 120 Å². The second-order valence-corrected chi connectivity index (χ2v) is 5.05. The molecule has 106 valence electrons. The van der Waals surface area contributed by atoms with Crippen molar-refractivity contribution < 1.29 is 9.66 Å². The summed E-state index contributed by atoms with van der Waals surface area (Å²) in [6, 6.07) is 5.04. The molecule has 1 aromatic carbocycles. The molecule has 1 N–H and O–H groups in total. The van der Waals surface area contributed by atoms with Gasteiger partial charge in [-0.2, -0.15) is 0 Å². The fraction of sp³-hybridized carbons (Fsp3) is 0.308. The maximum Gasteiger partial charge on any atom is 0.333 e. The lowest BCUT2D eigenvalue weighted by Crippen LogP contribution is -2.04. The summed E-state index contributed by atoms with van der Waals surface area (Å²) in [6.45, 7) is 2.92. The quantitative estimate of drug-likeness (QED) is 0.625. The van der Waals surface area contributed by atoms with Gasteiger partial charge in [-0.1, -0.05) is 13.0 Å². The maximum atomic E-state index is 11.2. The summed E-state index contributed by atoms with van der Waals surface area (Å²) in [4.78, 5) is 15.8. The van der Waals surface area contributed by atoms with Crippen molar-refractivity contribution in [1.29, 1.82) is 0 Å². The van der Waals surface area contributed by atoms with Crippen LogP contribution in [0.4, 0.5) is 11.4 Å². The van der Waals surface area contributed by atoms with Crippen molar-refractivity contribution in [2.75, 3.05) is 11.9 Å². The molecule has 0 amide bonds. The number of nitro groups is 1. The van der Waals surface area contributed by atoms with Crippen LogP contribution in [0.2, 0.25) is 0 Å². The van der Waals surface area contributed by atoms with E-state index in [0.717, 1.165) is 11.3 Å². The lowest BCUT2D eigenvalue weighted by molar-refractivity contribution is -0.385. The summed E-state index contributed by atoms with van der Waals surface area (Å²) < 4.78 is 5.43. The number of ether oxygens (including phenoxy) is 1. The van der Waals surface area contributed by atoms with Crippen LogP contribution in [0.3, 0.4) is 0 Å². The van der Waals surface area contributed by atoms with Gasteiger partial charge in [-0.3, -0.25) is 15.1 Å². The molecule has 0 bridgehead atoms. The van der Waals surface area contributed by atoms with Crippen LogP contribution < -0.4 is 10.1 Å². The molecule has 0 fully saturated rings. The summed E-state index contributed by atoms with van der Waals surface area (Å²) in [5.74, 6) is 0.297.